The van der Waals surface area contributed by atoms with Crippen LogP contribution in [0.2, 0.25) is 0 Å². The van der Waals surface area contributed by atoms with Crippen LogP contribution in [0.4, 0.5) is 0 Å². The molecule has 0 aliphatic carbocycles. The van der Waals surface area contributed by atoms with E-state index in [1.165, 1.54) is 17.5 Å². The van der Waals surface area contributed by atoms with Gasteiger partial charge in [-0.05, 0) is 24.4 Å². The molecule has 3 heterocycles. The summed E-state index contributed by atoms with van der Waals surface area (Å²) >= 11 is 0. The average Bonchev–Trinajstić information content (AvgIpc) is 3.29. The fourth-order valence-corrected chi connectivity index (χ4v) is 3.59. The highest BCUT2D eigenvalue weighted by atomic mass is 15.3. The van der Waals surface area contributed by atoms with Gasteiger partial charge in [0.1, 0.15) is 11.6 Å². The second-order valence-corrected chi connectivity index (χ2v) is 6.67. The molecular formula is C19H24N6. The van der Waals surface area contributed by atoms with Crippen LogP contribution in [0, 0.1) is 5.92 Å². The molecule has 1 unspecified atom stereocenters. The van der Waals surface area contributed by atoms with E-state index in [1.807, 2.05) is 12.3 Å². The van der Waals surface area contributed by atoms with Crippen molar-refractivity contribution in [3.05, 3.63) is 53.7 Å². The van der Waals surface area contributed by atoms with Gasteiger partial charge in [-0.25, -0.2) is 0 Å². The minimum Gasteiger partial charge on any atom is -0.315 e. The molecule has 2 N–H and O–H groups in total. The molecule has 0 amide bonds. The van der Waals surface area contributed by atoms with Gasteiger partial charge in [0.2, 0.25) is 0 Å². The van der Waals surface area contributed by atoms with Gasteiger partial charge < -0.3 is 9.88 Å². The average molecular weight is 336 g/mol. The Labute approximate surface area is 147 Å². The Morgan fingerprint density at radius 1 is 1.24 bits per heavy atom. The molecule has 1 aliphatic rings. The van der Waals surface area contributed by atoms with Crippen molar-refractivity contribution in [3.8, 4) is 11.3 Å². The lowest BCUT2D eigenvalue weighted by atomic mass is 9.99. The molecule has 6 heteroatoms. The molecule has 25 heavy (non-hydrogen) atoms. The lowest BCUT2D eigenvalue weighted by Crippen LogP contribution is -2.30. The number of aromatic amines is 1. The SMILES string of the molecule is CCc1nnc2n1CC(CNCc1cn[nH]c1-c1ccccc1)CC2. The molecule has 1 atom stereocenters. The molecule has 1 aliphatic heterocycles. The smallest absolute Gasteiger partial charge is 0.133 e. The standard InChI is InChI=1S/C19H24N6/c1-2-17-22-23-18-9-8-14(13-25(17)18)10-20-11-16-12-21-24-19(16)15-6-4-3-5-7-15/h3-7,12,14,20H,2,8-11,13H2,1H3,(H,21,24). The highest BCUT2D eigenvalue weighted by molar-refractivity contribution is 5.62. The minimum absolute atomic E-state index is 0.626. The summed E-state index contributed by atoms with van der Waals surface area (Å²) in [5, 5.41) is 19.6. The van der Waals surface area contributed by atoms with E-state index in [0.29, 0.717) is 5.92 Å². The van der Waals surface area contributed by atoms with Gasteiger partial charge in [-0.3, -0.25) is 5.10 Å². The van der Waals surface area contributed by atoms with Crippen molar-refractivity contribution in [2.45, 2.75) is 39.3 Å². The van der Waals surface area contributed by atoms with Crippen LogP contribution in [-0.2, 0) is 25.9 Å². The van der Waals surface area contributed by atoms with Crippen LogP contribution in [0.5, 0.6) is 0 Å². The van der Waals surface area contributed by atoms with Crippen LogP contribution in [0.15, 0.2) is 36.5 Å². The van der Waals surface area contributed by atoms with Crippen LogP contribution in [-0.4, -0.2) is 31.5 Å². The molecule has 2 aromatic heterocycles. The summed E-state index contributed by atoms with van der Waals surface area (Å²) in [5.41, 5.74) is 3.49. The van der Waals surface area contributed by atoms with Gasteiger partial charge in [0, 0.05) is 31.5 Å². The van der Waals surface area contributed by atoms with E-state index in [9.17, 15) is 0 Å². The Bertz CT molecular complexity index is 806. The lowest BCUT2D eigenvalue weighted by Gasteiger charge is -2.24. The van der Waals surface area contributed by atoms with Gasteiger partial charge in [0.25, 0.3) is 0 Å². The van der Waals surface area contributed by atoms with Gasteiger partial charge in [-0.1, -0.05) is 37.3 Å². The zero-order valence-electron chi connectivity index (χ0n) is 14.6. The summed E-state index contributed by atoms with van der Waals surface area (Å²) in [7, 11) is 0. The highest BCUT2D eigenvalue weighted by Crippen LogP contribution is 2.22. The number of H-pyrrole nitrogens is 1. The van der Waals surface area contributed by atoms with Crippen molar-refractivity contribution in [2.24, 2.45) is 5.92 Å². The fraction of sp³-hybridized carbons (Fsp3) is 0.421. The predicted octanol–water partition coefficient (Wildman–Crippen LogP) is 2.58. The summed E-state index contributed by atoms with van der Waals surface area (Å²) < 4.78 is 2.31. The number of hydrogen-bond donors (Lipinski definition) is 2. The first-order valence-corrected chi connectivity index (χ1v) is 9.04. The van der Waals surface area contributed by atoms with E-state index in [4.69, 9.17) is 0 Å². The van der Waals surface area contributed by atoms with Gasteiger partial charge in [-0.2, -0.15) is 5.10 Å². The number of hydrogen-bond acceptors (Lipinski definition) is 4. The molecule has 0 fully saturated rings. The Balaban J connectivity index is 1.36. The Morgan fingerprint density at radius 3 is 2.96 bits per heavy atom. The van der Waals surface area contributed by atoms with E-state index in [0.717, 1.165) is 49.8 Å². The first kappa shape index (κ1) is 16.0. The molecule has 3 aromatic rings. The van der Waals surface area contributed by atoms with Gasteiger partial charge in [-0.15, -0.1) is 10.2 Å². The van der Waals surface area contributed by atoms with E-state index < -0.39 is 0 Å². The van der Waals surface area contributed by atoms with Crippen molar-refractivity contribution < 1.29 is 0 Å². The third-order valence-corrected chi connectivity index (χ3v) is 4.97. The topological polar surface area (TPSA) is 71.4 Å². The van der Waals surface area contributed by atoms with Gasteiger partial charge >= 0.3 is 0 Å². The molecular weight excluding hydrogens is 312 g/mol. The van der Waals surface area contributed by atoms with Crippen molar-refractivity contribution in [1.82, 2.24) is 30.3 Å². The number of aromatic nitrogens is 5. The van der Waals surface area contributed by atoms with Crippen LogP contribution in [0.3, 0.4) is 0 Å². The van der Waals surface area contributed by atoms with E-state index >= 15 is 0 Å². The first-order chi connectivity index (χ1) is 12.3. The third-order valence-electron chi connectivity index (χ3n) is 4.97. The first-order valence-electron chi connectivity index (χ1n) is 9.04. The monoisotopic (exact) mass is 336 g/mol. The highest BCUT2D eigenvalue weighted by Gasteiger charge is 2.22. The summed E-state index contributed by atoms with van der Waals surface area (Å²) in [6, 6.07) is 10.4. The van der Waals surface area contributed by atoms with E-state index in [-0.39, 0.29) is 0 Å². The zero-order valence-corrected chi connectivity index (χ0v) is 14.6. The molecule has 0 saturated carbocycles. The molecule has 0 radical (unpaired) electrons. The lowest BCUT2D eigenvalue weighted by molar-refractivity contribution is 0.342. The molecule has 0 saturated heterocycles. The maximum atomic E-state index is 4.31. The van der Waals surface area contributed by atoms with E-state index in [2.05, 4.69) is 61.5 Å². The van der Waals surface area contributed by atoms with Crippen molar-refractivity contribution in [3.63, 3.8) is 0 Å². The zero-order chi connectivity index (χ0) is 17.1. The molecule has 0 spiro atoms. The van der Waals surface area contributed by atoms with Crippen molar-refractivity contribution in [1.29, 1.82) is 0 Å². The van der Waals surface area contributed by atoms with Crippen molar-refractivity contribution >= 4 is 0 Å². The quantitative estimate of drug-likeness (QED) is 0.726. The Hall–Kier alpha value is -2.47. The Kier molecular flexibility index (Phi) is 4.61. The maximum Gasteiger partial charge on any atom is 0.133 e. The predicted molar refractivity (Wildman–Crippen MR) is 96.9 cm³/mol. The second-order valence-electron chi connectivity index (χ2n) is 6.67. The molecule has 0 bridgehead atoms. The number of benzene rings is 1. The number of rotatable bonds is 6. The summed E-state index contributed by atoms with van der Waals surface area (Å²) in [6.07, 6.45) is 5.07. The number of nitrogens with zero attached hydrogens (tertiary/aromatic N) is 4. The van der Waals surface area contributed by atoms with Crippen molar-refractivity contribution in [2.75, 3.05) is 6.54 Å². The molecule has 1 aromatic carbocycles. The second kappa shape index (κ2) is 7.19. The number of fused-ring (bicyclic) bond motifs is 1. The third kappa shape index (κ3) is 3.35. The van der Waals surface area contributed by atoms with Gasteiger partial charge in [0.05, 0.1) is 11.9 Å². The normalized spacial score (nSPS) is 16.8. The molecule has 4 rings (SSSR count). The number of nitrogens with one attached hydrogen (secondary N) is 2. The summed E-state index contributed by atoms with van der Waals surface area (Å²) in [5.74, 6) is 2.89. The largest absolute Gasteiger partial charge is 0.315 e. The van der Waals surface area contributed by atoms with Crippen LogP contribution >= 0.6 is 0 Å². The Morgan fingerprint density at radius 2 is 2.12 bits per heavy atom. The number of aryl methyl sites for hydroxylation is 2. The summed E-state index contributed by atoms with van der Waals surface area (Å²) in [6.45, 7) is 4.99. The fourth-order valence-electron chi connectivity index (χ4n) is 3.59. The maximum absolute atomic E-state index is 4.31. The van der Waals surface area contributed by atoms with Gasteiger partial charge in [0.15, 0.2) is 0 Å². The molecule has 6 nitrogen and oxygen atoms in total. The molecule has 130 valence electrons. The minimum atomic E-state index is 0.626. The van der Waals surface area contributed by atoms with E-state index in [1.54, 1.807) is 0 Å². The summed E-state index contributed by atoms with van der Waals surface area (Å²) in [4.78, 5) is 0. The van der Waals surface area contributed by atoms with Crippen LogP contribution < -0.4 is 5.32 Å². The van der Waals surface area contributed by atoms with Crippen LogP contribution in [0.25, 0.3) is 11.3 Å². The van der Waals surface area contributed by atoms with Crippen LogP contribution in [0.1, 0.15) is 30.6 Å².